The smallest absolute Gasteiger partial charge is 0.251 e. The van der Waals surface area contributed by atoms with E-state index < -0.39 is 0 Å². The van der Waals surface area contributed by atoms with E-state index in [4.69, 9.17) is 4.74 Å². The van der Waals surface area contributed by atoms with Crippen molar-refractivity contribution in [2.45, 2.75) is 59.3 Å². The van der Waals surface area contributed by atoms with Crippen molar-refractivity contribution in [1.29, 1.82) is 0 Å². The molecule has 3 heterocycles. The second-order valence-electron chi connectivity index (χ2n) is 16.3. The van der Waals surface area contributed by atoms with Crippen LogP contribution in [0.1, 0.15) is 76.0 Å². The lowest BCUT2D eigenvalue weighted by Gasteiger charge is -2.32. The van der Waals surface area contributed by atoms with Gasteiger partial charge in [0.05, 0.1) is 22.1 Å². The van der Waals surface area contributed by atoms with Crippen LogP contribution < -0.4 is 21.1 Å². The molecule has 0 saturated heterocycles. The van der Waals surface area contributed by atoms with Crippen LogP contribution in [0.4, 0.5) is 0 Å². The van der Waals surface area contributed by atoms with Crippen LogP contribution in [0.2, 0.25) is 0 Å². The largest absolute Gasteiger partial charge is 0.458 e. The third kappa shape index (κ3) is 5.11. The van der Waals surface area contributed by atoms with E-state index in [0.29, 0.717) is 17.8 Å². The first-order valence-corrected chi connectivity index (χ1v) is 19.9. The molecule has 1 aliphatic heterocycles. The summed E-state index contributed by atoms with van der Waals surface area (Å²) in [7, 11) is 0. The number of aromatic nitrogens is 2. The van der Waals surface area contributed by atoms with E-state index in [1.165, 1.54) is 76.7 Å². The van der Waals surface area contributed by atoms with Gasteiger partial charge in [-0.05, 0) is 87.8 Å². The number of nitrogens with zero attached hydrogens (tertiary/aromatic N) is 2. The fraction of sp³-hybridized carbons (Fsp3) is 0.176. The van der Waals surface area contributed by atoms with Crippen LogP contribution in [-0.2, 0) is 0 Å². The summed E-state index contributed by atoms with van der Waals surface area (Å²) in [6.07, 6.45) is 0. The Morgan fingerprint density at radius 1 is 0.455 bits per heavy atom. The molecule has 1 aliphatic rings. The number of benzene rings is 7. The van der Waals surface area contributed by atoms with Crippen molar-refractivity contribution in [3.63, 3.8) is 0 Å². The van der Waals surface area contributed by atoms with Gasteiger partial charge < -0.3 is 13.9 Å². The van der Waals surface area contributed by atoms with Crippen molar-refractivity contribution in [1.82, 2.24) is 9.13 Å². The summed E-state index contributed by atoms with van der Waals surface area (Å²) in [4.78, 5) is 0. The molecule has 0 amide bonds. The van der Waals surface area contributed by atoms with Crippen molar-refractivity contribution in [2.24, 2.45) is 0 Å². The average Bonchev–Trinajstić information content (AvgIpc) is 3.72. The van der Waals surface area contributed by atoms with E-state index in [2.05, 4.69) is 196 Å². The molecule has 0 N–H and O–H groups in total. The minimum Gasteiger partial charge on any atom is -0.458 e. The maximum absolute atomic E-state index is 6.92. The normalized spacial score (nSPS) is 12.8. The Morgan fingerprint density at radius 3 is 1.78 bits per heavy atom. The lowest BCUT2D eigenvalue weighted by atomic mass is 9.34. The molecule has 2 aromatic heterocycles. The van der Waals surface area contributed by atoms with Crippen LogP contribution in [0.3, 0.4) is 0 Å². The molecule has 9 aromatic rings. The summed E-state index contributed by atoms with van der Waals surface area (Å²) in [5.74, 6) is 3.08. The van der Waals surface area contributed by atoms with E-state index in [1.54, 1.807) is 0 Å². The first kappa shape index (κ1) is 33.6. The van der Waals surface area contributed by atoms with Crippen LogP contribution in [0.25, 0.3) is 55.0 Å². The van der Waals surface area contributed by atoms with Crippen molar-refractivity contribution < 1.29 is 4.74 Å². The summed E-state index contributed by atoms with van der Waals surface area (Å²) in [6.45, 7) is 14.1. The molecule has 0 fully saturated rings. The lowest BCUT2D eigenvalue weighted by molar-refractivity contribution is 0.487. The summed E-state index contributed by atoms with van der Waals surface area (Å²) in [6, 6.07) is 53.7. The van der Waals surface area contributed by atoms with E-state index in [9.17, 15) is 0 Å². The highest BCUT2D eigenvalue weighted by Gasteiger charge is 2.37. The Bertz CT molecular complexity index is 2920. The van der Waals surface area contributed by atoms with Crippen LogP contribution in [0.5, 0.6) is 11.5 Å². The Balaban J connectivity index is 1.24. The van der Waals surface area contributed by atoms with Crippen LogP contribution in [0, 0.1) is 0 Å². The Labute approximate surface area is 323 Å². The number of fused-ring (bicyclic) bond motifs is 9. The molecule has 268 valence electrons. The molecule has 0 aliphatic carbocycles. The molecule has 0 bridgehead atoms. The van der Waals surface area contributed by atoms with Crippen molar-refractivity contribution in [3.05, 3.63) is 162 Å². The van der Waals surface area contributed by atoms with Gasteiger partial charge in [-0.2, -0.15) is 0 Å². The summed E-state index contributed by atoms with van der Waals surface area (Å²) in [5.41, 5.74) is 15.2. The molecule has 0 atom stereocenters. The zero-order chi connectivity index (χ0) is 37.5. The van der Waals surface area contributed by atoms with Crippen LogP contribution in [0.15, 0.2) is 146 Å². The SMILES string of the molecule is CC(C)c1cc(C(C)C)c(B2c3ccccc3Oc3cc(-n4c5ccccc5c5c4ccc4c6ccccc6n(-c6ccccc6)c45)ccc32)c(C(C)C)c1. The molecular formula is C51H45BN2O. The zero-order valence-corrected chi connectivity index (χ0v) is 32.5. The topological polar surface area (TPSA) is 19.1 Å². The Kier molecular flexibility index (Phi) is 7.82. The predicted molar refractivity (Wildman–Crippen MR) is 235 cm³/mol. The van der Waals surface area contributed by atoms with E-state index in [0.717, 1.165) is 22.9 Å². The highest BCUT2D eigenvalue weighted by atomic mass is 16.5. The van der Waals surface area contributed by atoms with Gasteiger partial charge in [-0.1, -0.05) is 144 Å². The van der Waals surface area contributed by atoms with E-state index in [1.807, 2.05) is 0 Å². The monoisotopic (exact) mass is 712 g/mol. The van der Waals surface area contributed by atoms with Crippen molar-refractivity contribution >= 4 is 66.7 Å². The zero-order valence-electron chi connectivity index (χ0n) is 32.5. The fourth-order valence-electron chi connectivity index (χ4n) is 9.37. The first-order chi connectivity index (χ1) is 26.8. The quantitative estimate of drug-likeness (QED) is 0.157. The molecule has 10 rings (SSSR count). The van der Waals surface area contributed by atoms with Gasteiger partial charge in [-0.25, -0.2) is 0 Å². The highest BCUT2D eigenvalue weighted by Crippen LogP contribution is 2.42. The molecule has 3 nitrogen and oxygen atoms in total. The Hall–Kier alpha value is -6.00. The molecular weight excluding hydrogens is 667 g/mol. The third-order valence-electron chi connectivity index (χ3n) is 12.0. The number of ether oxygens (including phenoxy) is 1. The van der Waals surface area contributed by atoms with Gasteiger partial charge in [0, 0.05) is 39.0 Å². The second-order valence-corrected chi connectivity index (χ2v) is 16.3. The van der Waals surface area contributed by atoms with Crippen molar-refractivity contribution in [2.75, 3.05) is 0 Å². The molecule has 7 aromatic carbocycles. The van der Waals surface area contributed by atoms with Crippen LogP contribution >= 0.6 is 0 Å². The minimum absolute atomic E-state index is 0.0596. The molecule has 0 spiro atoms. The van der Waals surface area contributed by atoms with Gasteiger partial charge in [-0.3, -0.25) is 0 Å². The number of hydrogen-bond donors (Lipinski definition) is 0. The van der Waals surface area contributed by atoms with E-state index in [-0.39, 0.29) is 6.71 Å². The lowest BCUT2D eigenvalue weighted by Crippen LogP contribution is -2.57. The maximum atomic E-state index is 6.92. The summed E-state index contributed by atoms with van der Waals surface area (Å²) >= 11 is 0. The molecule has 0 saturated carbocycles. The van der Waals surface area contributed by atoms with Gasteiger partial charge >= 0.3 is 0 Å². The molecule has 55 heavy (non-hydrogen) atoms. The molecule has 0 unspecified atom stereocenters. The van der Waals surface area contributed by atoms with E-state index >= 15 is 0 Å². The molecule has 4 heteroatoms. The number of para-hydroxylation sites is 4. The summed E-state index contributed by atoms with van der Waals surface area (Å²) in [5, 5.41) is 5.00. The molecule has 0 radical (unpaired) electrons. The number of hydrogen-bond acceptors (Lipinski definition) is 1. The standard InChI is InChI=1S/C51H45BN2O/c1-31(2)34-28-40(32(3)4)50(41(29-34)33(5)6)52-42-20-12-15-23-47(42)55-48-30-36(24-26-43(48)52)53-45-22-14-11-19-39(45)49-46(53)27-25-38-37-18-10-13-21-44(37)54(51(38)49)35-16-8-7-9-17-35/h7-33H,1-6H3. The van der Waals surface area contributed by atoms with Gasteiger partial charge in [-0.15, -0.1) is 0 Å². The maximum Gasteiger partial charge on any atom is 0.251 e. The summed E-state index contributed by atoms with van der Waals surface area (Å²) < 4.78 is 11.8. The number of rotatable bonds is 6. The fourth-order valence-corrected chi connectivity index (χ4v) is 9.37. The second kappa shape index (κ2) is 12.8. The first-order valence-electron chi connectivity index (χ1n) is 19.9. The van der Waals surface area contributed by atoms with Gasteiger partial charge in [0.15, 0.2) is 0 Å². The predicted octanol–water partition coefficient (Wildman–Crippen LogP) is 11.9. The third-order valence-corrected chi connectivity index (χ3v) is 12.0. The van der Waals surface area contributed by atoms with Crippen LogP contribution in [-0.4, -0.2) is 15.8 Å². The average molecular weight is 713 g/mol. The van der Waals surface area contributed by atoms with Gasteiger partial charge in [0.25, 0.3) is 6.71 Å². The van der Waals surface area contributed by atoms with Crippen molar-refractivity contribution in [3.8, 4) is 22.9 Å². The Morgan fingerprint density at radius 2 is 1.07 bits per heavy atom. The van der Waals surface area contributed by atoms with Gasteiger partial charge in [0.1, 0.15) is 11.5 Å². The highest BCUT2D eigenvalue weighted by molar-refractivity contribution is 6.97. The minimum atomic E-state index is 0.0596. The van der Waals surface area contributed by atoms with Gasteiger partial charge in [0.2, 0.25) is 0 Å².